The number of benzene rings is 1. The molecule has 0 amide bonds. The highest BCUT2D eigenvalue weighted by atomic mass is 19.1. The molecule has 0 unspecified atom stereocenters. The topological polar surface area (TPSA) is 50.3 Å². The maximum Gasteiger partial charge on any atom is 0.222 e. The zero-order valence-electron chi connectivity index (χ0n) is 14.2. The summed E-state index contributed by atoms with van der Waals surface area (Å²) >= 11 is 0. The van der Waals surface area contributed by atoms with Crippen LogP contribution in [0.2, 0.25) is 0 Å². The molecule has 0 bridgehead atoms. The molecule has 4 rings (SSSR count). The molecule has 1 spiro atoms. The van der Waals surface area contributed by atoms with Gasteiger partial charge in [0.1, 0.15) is 5.82 Å². The summed E-state index contributed by atoms with van der Waals surface area (Å²) in [5, 5.41) is 3.38. The Kier molecular flexibility index (Phi) is 4.63. The van der Waals surface area contributed by atoms with E-state index in [9.17, 15) is 4.39 Å². The summed E-state index contributed by atoms with van der Waals surface area (Å²) in [5.74, 6) is 0.474. The van der Waals surface area contributed by atoms with E-state index in [0.717, 1.165) is 44.5 Å². The molecule has 2 atom stereocenters. The third-order valence-electron chi connectivity index (χ3n) is 5.05. The molecule has 2 aromatic rings. The number of halogens is 1. The van der Waals surface area contributed by atoms with Crippen molar-refractivity contribution in [2.45, 2.75) is 37.5 Å². The zero-order valence-corrected chi connectivity index (χ0v) is 14.2. The van der Waals surface area contributed by atoms with Crippen LogP contribution in [0, 0.1) is 5.82 Å². The minimum absolute atomic E-state index is 0.0925. The van der Waals surface area contributed by atoms with Gasteiger partial charge in [-0.1, -0.05) is 12.1 Å². The normalized spacial score (nSPS) is 26.8. The Morgan fingerprint density at radius 3 is 2.84 bits per heavy atom. The highest BCUT2D eigenvalue weighted by Gasteiger charge is 2.43. The van der Waals surface area contributed by atoms with Gasteiger partial charge >= 0.3 is 0 Å². The van der Waals surface area contributed by atoms with Crippen LogP contribution in [0.15, 0.2) is 42.7 Å². The minimum Gasteiger partial charge on any atom is -0.371 e. The van der Waals surface area contributed by atoms with Crippen molar-refractivity contribution < 1.29 is 9.13 Å². The van der Waals surface area contributed by atoms with Crippen molar-refractivity contribution in [1.29, 1.82) is 0 Å². The molecule has 2 aliphatic heterocycles. The van der Waals surface area contributed by atoms with Gasteiger partial charge in [-0.25, -0.2) is 14.4 Å². The highest BCUT2D eigenvalue weighted by molar-refractivity contribution is 5.25. The third-order valence-corrected chi connectivity index (χ3v) is 5.05. The van der Waals surface area contributed by atoms with Crippen LogP contribution in [-0.2, 0) is 11.3 Å². The predicted octanol–water partition coefficient (Wildman–Crippen LogP) is 2.85. The van der Waals surface area contributed by atoms with Crippen molar-refractivity contribution >= 4 is 5.95 Å². The standard InChI is InChI=1S/C19H23FN4O/c20-16-5-3-15(4-6-16)12-24-10-1-7-19(14-24)11-17(13-25-19)23-18-21-8-2-9-22-18/h2-6,8-9,17H,1,7,10-14H2,(H,21,22,23)/t17-,19-/m1/s1. The van der Waals surface area contributed by atoms with Crippen LogP contribution in [0.1, 0.15) is 24.8 Å². The molecule has 2 fully saturated rings. The van der Waals surface area contributed by atoms with Gasteiger partial charge in [-0.05, 0) is 43.1 Å². The van der Waals surface area contributed by atoms with E-state index >= 15 is 0 Å². The number of hydrogen-bond donors (Lipinski definition) is 1. The van der Waals surface area contributed by atoms with E-state index in [2.05, 4.69) is 20.2 Å². The van der Waals surface area contributed by atoms with Gasteiger partial charge in [-0.3, -0.25) is 4.90 Å². The molecule has 1 aromatic carbocycles. The molecule has 3 heterocycles. The van der Waals surface area contributed by atoms with E-state index in [1.807, 2.05) is 18.2 Å². The van der Waals surface area contributed by atoms with Gasteiger partial charge in [-0.15, -0.1) is 0 Å². The van der Waals surface area contributed by atoms with Crippen LogP contribution in [0.3, 0.4) is 0 Å². The van der Waals surface area contributed by atoms with Crippen LogP contribution < -0.4 is 5.32 Å². The van der Waals surface area contributed by atoms with Crippen LogP contribution in [-0.4, -0.2) is 46.2 Å². The lowest BCUT2D eigenvalue weighted by Gasteiger charge is -2.39. The molecule has 2 saturated heterocycles. The number of aromatic nitrogens is 2. The second kappa shape index (κ2) is 7.06. The SMILES string of the molecule is Fc1ccc(CN2CCC[C@@]3(C[C@@H](Nc4ncccn4)CO3)C2)cc1. The quantitative estimate of drug-likeness (QED) is 0.926. The summed E-state index contributed by atoms with van der Waals surface area (Å²) in [4.78, 5) is 10.9. The van der Waals surface area contributed by atoms with Crippen LogP contribution in [0.4, 0.5) is 10.3 Å². The smallest absolute Gasteiger partial charge is 0.222 e. The van der Waals surface area contributed by atoms with Crippen molar-refractivity contribution in [1.82, 2.24) is 14.9 Å². The Morgan fingerprint density at radius 2 is 2.04 bits per heavy atom. The van der Waals surface area contributed by atoms with E-state index in [4.69, 9.17) is 4.74 Å². The zero-order chi connectivity index (χ0) is 17.1. The van der Waals surface area contributed by atoms with E-state index in [0.29, 0.717) is 12.6 Å². The molecule has 0 aliphatic carbocycles. The Labute approximate surface area is 147 Å². The first kappa shape index (κ1) is 16.4. The van der Waals surface area contributed by atoms with Gasteiger partial charge in [-0.2, -0.15) is 0 Å². The molecular formula is C19H23FN4O. The van der Waals surface area contributed by atoms with Gasteiger partial charge in [0.2, 0.25) is 5.95 Å². The second-order valence-corrected chi connectivity index (χ2v) is 7.05. The number of anilines is 1. The third kappa shape index (κ3) is 3.96. The summed E-state index contributed by atoms with van der Waals surface area (Å²) in [6.07, 6.45) is 6.65. The number of nitrogens with one attached hydrogen (secondary N) is 1. The second-order valence-electron chi connectivity index (χ2n) is 7.05. The van der Waals surface area contributed by atoms with E-state index < -0.39 is 0 Å². The van der Waals surface area contributed by atoms with Gasteiger partial charge < -0.3 is 10.1 Å². The molecule has 25 heavy (non-hydrogen) atoms. The lowest BCUT2D eigenvalue weighted by atomic mass is 9.88. The fourth-order valence-corrected chi connectivity index (χ4v) is 3.95. The Bertz CT molecular complexity index is 696. The molecule has 2 aliphatic rings. The Morgan fingerprint density at radius 1 is 1.24 bits per heavy atom. The lowest BCUT2D eigenvalue weighted by molar-refractivity contribution is -0.0533. The van der Waals surface area contributed by atoms with Crippen molar-refractivity contribution in [3.05, 3.63) is 54.1 Å². The largest absolute Gasteiger partial charge is 0.371 e. The molecule has 5 nitrogen and oxygen atoms in total. The predicted molar refractivity (Wildman–Crippen MR) is 93.7 cm³/mol. The van der Waals surface area contributed by atoms with E-state index in [1.165, 1.54) is 12.1 Å². The minimum atomic E-state index is -0.185. The van der Waals surface area contributed by atoms with Crippen molar-refractivity contribution in [3.8, 4) is 0 Å². The lowest BCUT2D eigenvalue weighted by Crippen LogP contribution is -2.47. The van der Waals surface area contributed by atoms with Crippen molar-refractivity contribution in [2.24, 2.45) is 0 Å². The van der Waals surface area contributed by atoms with Gasteiger partial charge in [0.25, 0.3) is 0 Å². The maximum absolute atomic E-state index is 13.1. The molecular weight excluding hydrogens is 319 g/mol. The first-order chi connectivity index (χ1) is 12.2. The first-order valence-electron chi connectivity index (χ1n) is 8.85. The van der Waals surface area contributed by atoms with Gasteiger partial charge in [0, 0.05) is 31.9 Å². The van der Waals surface area contributed by atoms with Crippen LogP contribution in [0.25, 0.3) is 0 Å². The number of hydrogen-bond acceptors (Lipinski definition) is 5. The monoisotopic (exact) mass is 342 g/mol. The first-order valence-corrected chi connectivity index (χ1v) is 8.85. The highest BCUT2D eigenvalue weighted by Crippen LogP contribution is 2.36. The number of ether oxygens (including phenoxy) is 1. The number of rotatable bonds is 4. The maximum atomic E-state index is 13.1. The summed E-state index contributed by atoms with van der Waals surface area (Å²) < 4.78 is 19.3. The number of piperidine rings is 1. The fourth-order valence-electron chi connectivity index (χ4n) is 3.95. The number of likely N-dealkylation sites (tertiary alicyclic amines) is 1. The molecule has 0 saturated carbocycles. The average Bonchev–Trinajstić information content (AvgIpc) is 3.00. The summed E-state index contributed by atoms with van der Waals surface area (Å²) in [6, 6.07) is 8.84. The van der Waals surface area contributed by atoms with Crippen molar-refractivity contribution in [2.75, 3.05) is 25.0 Å². The summed E-state index contributed by atoms with van der Waals surface area (Å²) in [5.41, 5.74) is 1.05. The van der Waals surface area contributed by atoms with Crippen molar-refractivity contribution in [3.63, 3.8) is 0 Å². The van der Waals surface area contributed by atoms with E-state index in [1.54, 1.807) is 12.4 Å². The van der Waals surface area contributed by atoms with Gasteiger partial charge in [0.15, 0.2) is 0 Å². The molecule has 1 aromatic heterocycles. The number of nitrogens with zero attached hydrogens (tertiary/aromatic N) is 3. The van der Waals surface area contributed by atoms with Crippen LogP contribution >= 0.6 is 0 Å². The molecule has 1 N–H and O–H groups in total. The Balaban J connectivity index is 1.36. The average molecular weight is 342 g/mol. The summed E-state index contributed by atoms with van der Waals surface area (Å²) in [6.45, 7) is 3.49. The fraction of sp³-hybridized carbons (Fsp3) is 0.474. The van der Waals surface area contributed by atoms with Crippen LogP contribution in [0.5, 0.6) is 0 Å². The summed E-state index contributed by atoms with van der Waals surface area (Å²) in [7, 11) is 0. The van der Waals surface area contributed by atoms with E-state index in [-0.39, 0.29) is 17.5 Å². The Hall–Kier alpha value is -2.05. The molecule has 0 radical (unpaired) electrons. The molecule has 132 valence electrons. The molecule has 6 heteroatoms. The van der Waals surface area contributed by atoms with Gasteiger partial charge in [0.05, 0.1) is 18.2 Å².